The van der Waals surface area contributed by atoms with Crippen LogP contribution in [-0.2, 0) is 11.3 Å². The van der Waals surface area contributed by atoms with Crippen molar-refractivity contribution in [2.45, 2.75) is 13.5 Å². The van der Waals surface area contributed by atoms with Gasteiger partial charge in [0.15, 0.2) is 0 Å². The van der Waals surface area contributed by atoms with E-state index in [0.29, 0.717) is 12.2 Å². The third kappa shape index (κ3) is 4.26. The molecule has 0 aliphatic carbocycles. The molecule has 0 heterocycles. The van der Waals surface area contributed by atoms with E-state index < -0.39 is 11.6 Å². The molecule has 0 unspecified atom stereocenters. The van der Waals surface area contributed by atoms with Crippen LogP contribution in [0.5, 0.6) is 0 Å². The van der Waals surface area contributed by atoms with E-state index >= 15 is 0 Å². The van der Waals surface area contributed by atoms with Gasteiger partial charge >= 0.3 is 0 Å². The van der Waals surface area contributed by atoms with Crippen molar-refractivity contribution in [3.05, 3.63) is 58.1 Å². The van der Waals surface area contributed by atoms with Crippen molar-refractivity contribution in [2.75, 3.05) is 10.6 Å². The molecule has 2 aromatic carbocycles. The first-order valence-electron chi connectivity index (χ1n) is 6.20. The van der Waals surface area contributed by atoms with Crippen LogP contribution < -0.4 is 10.6 Å². The fourth-order valence-corrected chi connectivity index (χ4v) is 2.11. The van der Waals surface area contributed by atoms with E-state index in [1.165, 1.54) is 13.0 Å². The molecule has 0 radical (unpaired) electrons. The second-order valence-corrected chi connectivity index (χ2v) is 5.33. The monoisotopic (exact) mass is 354 g/mol. The van der Waals surface area contributed by atoms with E-state index in [2.05, 4.69) is 26.6 Å². The first-order chi connectivity index (χ1) is 9.95. The summed E-state index contributed by atoms with van der Waals surface area (Å²) in [6, 6.07) is 9.33. The van der Waals surface area contributed by atoms with Gasteiger partial charge in [0.25, 0.3) is 0 Å². The van der Waals surface area contributed by atoms with Crippen molar-refractivity contribution in [2.24, 2.45) is 0 Å². The summed E-state index contributed by atoms with van der Waals surface area (Å²) in [6.45, 7) is 1.82. The average molecular weight is 355 g/mol. The minimum Gasteiger partial charge on any atom is -0.379 e. The van der Waals surface area contributed by atoms with Gasteiger partial charge in [-0.2, -0.15) is 0 Å². The SMILES string of the molecule is CC(=O)Nc1ccc(CNc2cc(Br)c(F)cc2F)cc1. The van der Waals surface area contributed by atoms with Gasteiger partial charge in [0.1, 0.15) is 11.6 Å². The van der Waals surface area contributed by atoms with Crippen LogP contribution in [0, 0.1) is 11.6 Å². The maximum atomic E-state index is 13.6. The van der Waals surface area contributed by atoms with E-state index in [9.17, 15) is 13.6 Å². The molecule has 0 spiro atoms. The predicted molar refractivity (Wildman–Crippen MR) is 82.1 cm³/mol. The fourth-order valence-electron chi connectivity index (χ4n) is 1.76. The Morgan fingerprint density at radius 1 is 1.14 bits per heavy atom. The number of amides is 1. The van der Waals surface area contributed by atoms with Crippen LogP contribution in [-0.4, -0.2) is 5.91 Å². The summed E-state index contributed by atoms with van der Waals surface area (Å²) in [5.74, 6) is -1.43. The van der Waals surface area contributed by atoms with Crippen LogP contribution in [0.4, 0.5) is 20.2 Å². The first kappa shape index (κ1) is 15.4. The van der Waals surface area contributed by atoms with Crippen LogP contribution in [0.3, 0.4) is 0 Å². The Labute approximate surface area is 129 Å². The molecule has 0 aromatic heterocycles. The highest BCUT2D eigenvalue weighted by atomic mass is 79.9. The van der Waals surface area contributed by atoms with Gasteiger partial charge in [-0.1, -0.05) is 12.1 Å². The molecule has 2 rings (SSSR count). The van der Waals surface area contributed by atoms with Crippen LogP contribution in [0.1, 0.15) is 12.5 Å². The minimum atomic E-state index is -0.648. The zero-order chi connectivity index (χ0) is 15.4. The number of hydrogen-bond donors (Lipinski definition) is 2. The second-order valence-electron chi connectivity index (χ2n) is 4.48. The molecule has 110 valence electrons. The first-order valence-corrected chi connectivity index (χ1v) is 7.00. The summed E-state index contributed by atoms with van der Waals surface area (Å²) in [5, 5.41) is 5.56. The molecule has 0 aliphatic heterocycles. The lowest BCUT2D eigenvalue weighted by Gasteiger charge is -2.09. The zero-order valence-electron chi connectivity index (χ0n) is 11.2. The molecule has 2 aromatic rings. The summed E-state index contributed by atoms with van der Waals surface area (Å²) in [6.07, 6.45) is 0. The highest BCUT2D eigenvalue weighted by Gasteiger charge is 2.07. The molecule has 0 saturated heterocycles. The quantitative estimate of drug-likeness (QED) is 0.803. The smallest absolute Gasteiger partial charge is 0.221 e. The molecule has 6 heteroatoms. The van der Waals surface area contributed by atoms with Gasteiger partial charge in [-0.3, -0.25) is 4.79 Å². The number of carbonyl (C=O) groups excluding carboxylic acids is 1. The summed E-state index contributed by atoms with van der Waals surface area (Å²) < 4.78 is 26.9. The second kappa shape index (κ2) is 6.67. The van der Waals surface area contributed by atoms with E-state index in [0.717, 1.165) is 11.6 Å². The summed E-state index contributed by atoms with van der Waals surface area (Å²) in [7, 11) is 0. The fraction of sp³-hybridized carbons (Fsp3) is 0.133. The highest BCUT2D eigenvalue weighted by Crippen LogP contribution is 2.24. The van der Waals surface area contributed by atoms with E-state index in [-0.39, 0.29) is 16.1 Å². The van der Waals surface area contributed by atoms with Gasteiger partial charge < -0.3 is 10.6 Å². The standard InChI is InChI=1S/C15H13BrF2N2O/c1-9(21)20-11-4-2-10(3-5-11)8-19-15-6-12(16)13(17)7-14(15)18/h2-7,19H,8H2,1H3,(H,20,21). The lowest BCUT2D eigenvalue weighted by atomic mass is 10.2. The molecule has 3 nitrogen and oxygen atoms in total. The van der Waals surface area contributed by atoms with Crippen molar-refractivity contribution >= 4 is 33.2 Å². The summed E-state index contributed by atoms with van der Waals surface area (Å²) >= 11 is 3.02. The molecule has 21 heavy (non-hydrogen) atoms. The number of hydrogen-bond acceptors (Lipinski definition) is 2. The van der Waals surface area contributed by atoms with Crippen molar-refractivity contribution in [3.8, 4) is 0 Å². The van der Waals surface area contributed by atoms with Gasteiger partial charge in [0.2, 0.25) is 5.91 Å². The highest BCUT2D eigenvalue weighted by molar-refractivity contribution is 9.10. The number of carbonyl (C=O) groups is 1. The Kier molecular flexibility index (Phi) is 4.90. The molecule has 1 amide bonds. The maximum Gasteiger partial charge on any atom is 0.221 e. The van der Waals surface area contributed by atoms with Crippen LogP contribution >= 0.6 is 15.9 Å². The Morgan fingerprint density at radius 2 is 1.81 bits per heavy atom. The van der Waals surface area contributed by atoms with Crippen LogP contribution in [0.25, 0.3) is 0 Å². The minimum absolute atomic E-state index is 0.140. The third-order valence-electron chi connectivity index (χ3n) is 2.77. The molecular weight excluding hydrogens is 342 g/mol. The molecule has 0 saturated carbocycles. The Balaban J connectivity index is 2.03. The van der Waals surface area contributed by atoms with E-state index in [4.69, 9.17) is 0 Å². The maximum absolute atomic E-state index is 13.6. The number of anilines is 2. The topological polar surface area (TPSA) is 41.1 Å². The largest absolute Gasteiger partial charge is 0.379 e. The molecule has 0 fully saturated rings. The third-order valence-corrected chi connectivity index (χ3v) is 3.37. The molecule has 0 atom stereocenters. The number of nitrogens with one attached hydrogen (secondary N) is 2. The lowest BCUT2D eigenvalue weighted by Crippen LogP contribution is -2.06. The van der Waals surface area contributed by atoms with Crippen molar-refractivity contribution in [3.63, 3.8) is 0 Å². The summed E-state index contributed by atoms with van der Waals surface area (Å²) in [4.78, 5) is 10.9. The Hall–Kier alpha value is -1.95. The zero-order valence-corrected chi connectivity index (χ0v) is 12.8. The average Bonchev–Trinajstić information content (AvgIpc) is 2.42. The van der Waals surface area contributed by atoms with Gasteiger partial charge in [-0.15, -0.1) is 0 Å². The van der Waals surface area contributed by atoms with Crippen molar-refractivity contribution in [1.82, 2.24) is 0 Å². The van der Waals surface area contributed by atoms with Crippen LogP contribution in [0.2, 0.25) is 0 Å². The van der Waals surface area contributed by atoms with Gasteiger partial charge in [-0.05, 0) is 39.7 Å². The van der Waals surface area contributed by atoms with Crippen molar-refractivity contribution < 1.29 is 13.6 Å². The Morgan fingerprint density at radius 3 is 2.43 bits per heavy atom. The number of benzene rings is 2. The lowest BCUT2D eigenvalue weighted by molar-refractivity contribution is -0.114. The number of rotatable bonds is 4. The van der Waals surface area contributed by atoms with Gasteiger partial charge in [0, 0.05) is 25.2 Å². The van der Waals surface area contributed by atoms with E-state index in [1.54, 1.807) is 12.1 Å². The predicted octanol–water partition coefficient (Wildman–Crippen LogP) is 4.30. The van der Waals surface area contributed by atoms with Gasteiger partial charge in [0.05, 0.1) is 10.2 Å². The molecule has 2 N–H and O–H groups in total. The van der Waals surface area contributed by atoms with Crippen molar-refractivity contribution in [1.29, 1.82) is 0 Å². The molecular formula is C15H13BrF2N2O. The molecule has 0 bridgehead atoms. The number of halogens is 3. The normalized spacial score (nSPS) is 10.3. The Bertz CT molecular complexity index is 659. The van der Waals surface area contributed by atoms with Crippen LogP contribution in [0.15, 0.2) is 40.9 Å². The van der Waals surface area contributed by atoms with Gasteiger partial charge in [-0.25, -0.2) is 8.78 Å². The summed E-state index contributed by atoms with van der Waals surface area (Å²) in [5.41, 5.74) is 1.82. The van der Waals surface area contributed by atoms with E-state index in [1.807, 2.05) is 12.1 Å². The molecule has 0 aliphatic rings.